The molecule has 0 aliphatic carbocycles. The number of likely N-dealkylation sites (N-methyl/N-ethyl adjacent to an activating group) is 1. The van der Waals surface area contributed by atoms with Gasteiger partial charge in [-0.1, -0.05) is 6.07 Å². The van der Waals surface area contributed by atoms with Crippen LogP contribution in [0.2, 0.25) is 0 Å². The van der Waals surface area contributed by atoms with E-state index in [-0.39, 0.29) is 17.9 Å². The summed E-state index contributed by atoms with van der Waals surface area (Å²) in [4.78, 5) is 34.4. The van der Waals surface area contributed by atoms with Crippen LogP contribution in [0.25, 0.3) is 11.5 Å². The lowest BCUT2D eigenvalue weighted by molar-refractivity contribution is -0.119. The van der Waals surface area contributed by atoms with Crippen molar-refractivity contribution in [3.8, 4) is 11.5 Å². The third kappa shape index (κ3) is 2.85. The SMILES string of the molecule is CNC(=O)Cc1c(C)nc(-c2ccccn2)[nH]c1=O. The van der Waals surface area contributed by atoms with Crippen LogP contribution in [0.5, 0.6) is 0 Å². The van der Waals surface area contributed by atoms with E-state index in [4.69, 9.17) is 0 Å². The third-order valence-electron chi connectivity index (χ3n) is 2.75. The van der Waals surface area contributed by atoms with Crippen LogP contribution >= 0.6 is 0 Å². The van der Waals surface area contributed by atoms with Crippen molar-refractivity contribution in [2.45, 2.75) is 13.3 Å². The molecule has 6 heteroatoms. The largest absolute Gasteiger partial charge is 0.359 e. The fraction of sp³-hybridized carbons (Fsp3) is 0.231. The summed E-state index contributed by atoms with van der Waals surface area (Å²) in [7, 11) is 1.53. The fourth-order valence-corrected chi connectivity index (χ4v) is 1.69. The van der Waals surface area contributed by atoms with Gasteiger partial charge in [-0.05, 0) is 19.1 Å². The lowest BCUT2D eigenvalue weighted by Crippen LogP contribution is -2.26. The Bertz CT molecular complexity index is 649. The Kier molecular flexibility index (Phi) is 3.70. The number of hydrogen-bond acceptors (Lipinski definition) is 4. The second kappa shape index (κ2) is 5.43. The van der Waals surface area contributed by atoms with Crippen LogP contribution in [0.3, 0.4) is 0 Å². The van der Waals surface area contributed by atoms with Crippen LogP contribution in [0.4, 0.5) is 0 Å². The Labute approximate surface area is 109 Å². The average Bonchev–Trinajstić information content (AvgIpc) is 2.43. The average molecular weight is 258 g/mol. The van der Waals surface area contributed by atoms with Crippen molar-refractivity contribution in [3.05, 3.63) is 46.0 Å². The number of nitrogens with one attached hydrogen (secondary N) is 2. The van der Waals surface area contributed by atoms with Gasteiger partial charge in [0.1, 0.15) is 5.69 Å². The summed E-state index contributed by atoms with van der Waals surface area (Å²) in [6.45, 7) is 1.71. The number of amides is 1. The molecular weight excluding hydrogens is 244 g/mol. The quantitative estimate of drug-likeness (QED) is 0.835. The predicted molar refractivity (Wildman–Crippen MR) is 70.6 cm³/mol. The van der Waals surface area contributed by atoms with Crippen molar-refractivity contribution in [1.29, 1.82) is 0 Å². The normalized spacial score (nSPS) is 10.2. The number of pyridine rings is 1. The van der Waals surface area contributed by atoms with Crippen LogP contribution in [-0.4, -0.2) is 27.9 Å². The summed E-state index contributed by atoms with van der Waals surface area (Å²) < 4.78 is 0. The summed E-state index contributed by atoms with van der Waals surface area (Å²) in [5, 5.41) is 2.48. The summed E-state index contributed by atoms with van der Waals surface area (Å²) in [6, 6.07) is 5.36. The van der Waals surface area contributed by atoms with Gasteiger partial charge in [0, 0.05) is 24.5 Å². The molecule has 0 spiro atoms. The Hall–Kier alpha value is -2.50. The number of hydrogen-bond donors (Lipinski definition) is 2. The maximum atomic E-state index is 12.0. The first-order valence-electron chi connectivity index (χ1n) is 5.83. The number of aryl methyl sites for hydroxylation is 1. The van der Waals surface area contributed by atoms with Gasteiger partial charge in [0.2, 0.25) is 5.91 Å². The molecule has 1 amide bonds. The van der Waals surface area contributed by atoms with E-state index >= 15 is 0 Å². The van der Waals surface area contributed by atoms with Gasteiger partial charge < -0.3 is 10.3 Å². The second-order valence-corrected chi connectivity index (χ2v) is 4.04. The van der Waals surface area contributed by atoms with Crippen molar-refractivity contribution in [2.75, 3.05) is 7.05 Å². The molecule has 2 aromatic heterocycles. The Morgan fingerprint density at radius 2 is 2.21 bits per heavy atom. The third-order valence-corrected chi connectivity index (χ3v) is 2.75. The van der Waals surface area contributed by atoms with E-state index < -0.39 is 0 Å². The first kappa shape index (κ1) is 12.9. The number of carbonyl (C=O) groups excluding carboxylic acids is 1. The minimum Gasteiger partial charge on any atom is -0.359 e. The highest BCUT2D eigenvalue weighted by atomic mass is 16.1. The highest BCUT2D eigenvalue weighted by molar-refractivity contribution is 5.78. The second-order valence-electron chi connectivity index (χ2n) is 4.04. The lowest BCUT2D eigenvalue weighted by Gasteiger charge is -2.06. The van der Waals surface area contributed by atoms with E-state index in [1.165, 1.54) is 7.05 Å². The van der Waals surface area contributed by atoms with Gasteiger partial charge in [-0.3, -0.25) is 14.6 Å². The standard InChI is InChI=1S/C13H14N4O2/c1-8-9(7-11(18)14-2)13(19)17-12(16-8)10-5-3-4-6-15-10/h3-6H,7H2,1-2H3,(H,14,18)(H,16,17,19). The highest BCUT2D eigenvalue weighted by Crippen LogP contribution is 2.10. The van der Waals surface area contributed by atoms with Crippen molar-refractivity contribution in [2.24, 2.45) is 0 Å². The maximum absolute atomic E-state index is 12.0. The molecular formula is C13H14N4O2. The molecule has 19 heavy (non-hydrogen) atoms. The van der Waals surface area contributed by atoms with Crippen molar-refractivity contribution >= 4 is 5.91 Å². The van der Waals surface area contributed by atoms with Crippen LogP contribution < -0.4 is 10.9 Å². The zero-order chi connectivity index (χ0) is 13.8. The molecule has 2 aromatic rings. The summed E-state index contributed by atoms with van der Waals surface area (Å²) in [5.74, 6) is 0.185. The first-order chi connectivity index (χ1) is 9.11. The maximum Gasteiger partial charge on any atom is 0.255 e. The molecule has 98 valence electrons. The molecule has 0 aliphatic heterocycles. The minimum atomic E-state index is -0.309. The first-order valence-corrected chi connectivity index (χ1v) is 5.83. The van der Waals surface area contributed by atoms with Crippen LogP contribution in [0, 0.1) is 6.92 Å². The Morgan fingerprint density at radius 3 is 2.79 bits per heavy atom. The highest BCUT2D eigenvalue weighted by Gasteiger charge is 2.12. The summed E-state index contributed by atoms with van der Waals surface area (Å²) >= 11 is 0. The predicted octanol–water partition coefficient (Wildman–Crippen LogP) is 0.429. The summed E-state index contributed by atoms with van der Waals surface area (Å²) in [5.41, 5.74) is 1.19. The number of rotatable bonds is 3. The van der Waals surface area contributed by atoms with Crippen LogP contribution in [-0.2, 0) is 11.2 Å². The topological polar surface area (TPSA) is 87.7 Å². The molecule has 0 radical (unpaired) electrons. The molecule has 0 aliphatic rings. The van der Waals surface area contributed by atoms with E-state index in [0.717, 1.165) is 0 Å². The van der Waals surface area contributed by atoms with E-state index in [1.807, 2.05) is 6.07 Å². The monoisotopic (exact) mass is 258 g/mol. The van der Waals surface area contributed by atoms with E-state index in [2.05, 4.69) is 20.3 Å². The van der Waals surface area contributed by atoms with Gasteiger partial charge in [-0.15, -0.1) is 0 Å². The van der Waals surface area contributed by atoms with Crippen molar-refractivity contribution < 1.29 is 4.79 Å². The number of H-pyrrole nitrogens is 1. The number of aromatic amines is 1. The van der Waals surface area contributed by atoms with Crippen molar-refractivity contribution in [3.63, 3.8) is 0 Å². The van der Waals surface area contributed by atoms with Gasteiger partial charge in [0.15, 0.2) is 5.82 Å². The van der Waals surface area contributed by atoms with Crippen LogP contribution in [0.1, 0.15) is 11.3 Å². The molecule has 2 rings (SSSR count). The smallest absolute Gasteiger partial charge is 0.255 e. The van der Waals surface area contributed by atoms with Gasteiger partial charge in [-0.25, -0.2) is 4.98 Å². The zero-order valence-corrected chi connectivity index (χ0v) is 10.7. The molecule has 0 aromatic carbocycles. The van der Waals surface area contributed by atoms with Gasteiger partial charge in [0.25, 0.3) is 5.56 Å². The zero-order valence-electron chi connectivity index (χ0n) is 10.7. The molecule has 0 saturated heterocycles. The van der Waals surface area contributed by atoms with E-state index in [1.54, 1.807) is 25.3 Å². The molecule has 0 bridgehead atoms. The number of nitrogens with zero attached hydrogens (tertiary/aromatic N) is 2. The minimum absolute atomic E-state index is 0.0210. The molecule has 2 N–H and O–H groups in total. The fourth-order valence-electron chi connectivity index (χ4n) is 1.69. The molecule has 0 fully saturated rings. The van der Waals surface area contributed by atoms with Crippen LogP contribution in [0.15, 0.2) is 29.2 Å². The van der Waals surface area contributed by atoms with E-state index in [9.17, 15) is 9.59 Å². The molecule has 6 nitrogen and oxygen atoms in total. The number of aromatic nitrogens is 3. The lowest BCUT2D eigenvalue weighted by atomic mass is 10.1. The molecule has 0 atom stereocenters. The number of carbonyl (C=O) groups is 1. The molecule has 0 saturated carbocycles. The summed E-state index contributed by atoms with van der Waals surface area (Å²) in [6.07, 6.45) is 1.65. The Morgan fingerprint density at radius 1 is 1.42 bits per heavy atom. The van der Waals surface area contributed by atoms with Gasteiger partial charge in [0.05, 0.1) is 6.42 Å². The molecule has 2 heterocycles. The van der Waals surface area contributed by atoms with E-state index in [0.29, 0.717) is 22.8 Å². The van der Waals surface area contributed by atoms with Gasteiger partial charge >= 0.3 is 0 Å². The molecule has 0 unspecified atom stereocenters. The van der Waals surface area contributed by atoms with Gasteiger partial charge in [-0.2, -0.15) is 0 Å². The van der Waals surface area contributed by atoms with Crippen molar-refractivity contribution in [1.82, 2.24) is 20.3 Å². The Balaban J connectivity index is 2.43.